The second kappa shape index (κ2) is 4.77. The van der Waals surface area contributed by atoms with Crippen molar-refractivity contribution in [1.29, 1.82) is 0 Å². The Morgan fingerprint density at radius 3 is 3.13 bits per heavy atom. The van der Waals surface area contributed by atoms with E-state index in [2.05, 4.69) is 27.2 Å². The predicted molar refractivity (Wildman–Crippen MR) is 61.3 cm³/mol. The molecule has 0 amide bonds. The van der Waals surface area contributed by atoms with Crippen molar-refractivity contribution < 1.29 is 0 Å². The molecule has 1 aromatic heterocycles. The van der Waals surface area contributed by atoms with Crippen molar-refractivity contribution in [2.24, 2.45) is 0 Å². The maximum absolute atomic E-state index is 5.76. The zero-order valence-electron chi connectivity index (χ0n) is 8.78. The Bertz CT molecular complexity index is 325. The summed E-state index contributed by atoms with van der Waals surface area (Å²) in [6.07, 6.45) is 4.11. The van der Waals surface area contributed by atoms with E-state index < -0.39 is 0 Å². The van der Waals surface area contributed by atoms with Crippen LogP contribution < -0.4 is 10.2 Å². The third-order valence-electron chi connectivity index (χ3n) is 2.79. The highest BCUT2D eigenvalue weighted by Gasteiger charge is 2.18. The SMILES string of the molecule is CN(c1ccnc(Cl)n1)[C@H]1CCCNC1. The van der Waals surface area contributed by atoms with E-state index >= 15 is 0 Å². The van der Waals surface area contributed by atoms with Crippen LogP contribution in [0.25, 0.3) is 0 Å². The van der Waals surface area contributed by atoms with Crippen LogP contribution in [-0.4, -0.2) is 36.1 Å². The molecule has 1 fully saturated rings. The fourth-order valence-electron chi connectivity index (χ4n) is 1.87. The lowest BCUT2D eigenvalue weighted by molar-refractivity contribution is 0.443. The molecule has 1 atom stereocenters. The molecule has 2 rings (SSSR count). The Morgan fingerprint density at radius 1 is 1.60 bits per heavy atom. The number of hydrogen-bond donors (Lipinski definition) is 1. The number of anilines is 1. The second-order valence-corrected chi connectivity index (χ2v) is 4.13. The maximum Gasteiger partial charge on any atom is 0.224 e. The van der Waals surface area contributed by atoms with Crippen LogP contribution in [0, 0.1) is 0 Å². The van der Waals surface area contributed by atoms with Crippen LogP contribution in [0.5, 0.6) is 0 Å². The molecule has 1 N–H and O–H groups in total. The van der Waals surface area contributed by atoms with Gasteiger partial charge in [-0.05, 0) is 37.1 Å². The van der Waals surface area contributed by atoms with Gasteiger partial charge >= 0.3 is 0 Å². The van der Waals surface area contributed by atoms with Crippen molar-refractivity contribution in [1.82, 2.24) is 15.3 Å². The molecule has 2 heterocycles. The lowest BCUT2D eigenvalue weighted by Gasteiger charge is -2.32. The summed E-state index contributed by atoms with van der Waals surface area (Å²) in [6.45, 7) is 2.13. The second-order valence-electron chi connectivity index (χ2n) is 3.79. The first kappa shape index (κ1) is 10.6. The molecule has 0 saturated carbocycles. The van der Waals surface area contributed by atoms with Crippen molar-refractivity contribution in [3.05, 3.63) is 17.5 Å². The van der Waals surface area contributed by atoms with Gasteiger partial charge in [0.05, 0.1) is 0 Å². The highest BCUT2D eigenvalue weighted by atomic mass is 35.5. The van der Waals surface area contributed by atoms with Gasteiger partial charge in [-0.1, -0.05) is 0 Å². The van der Waals surface area contributed by atoms with Crippen LogP contribution in [-0.2, 0) is 0 Å². The molecule has 5 heteroatoms. The minimum Gasteiger partial charge on any atom is -0.355 e. The molecule has 15 heavy (non-hydrogen) atoms. The third kappa shape index (κ3) is 2.58. The molecule has 1 aromatic rings. The normalized spacial score (nSPS) is 21.3. The molecule has 0 spiro atoms. The van der Waals surface area contributed by atoms with Crippen LogP contribution in [0.15, 0.2) is 12.3 Å². The van der Waals surface area contributed by atoms with Gasteiger partial charge in [0.1, 0.15) is 5.82 Å². The molecule has 1 saturated heterocycles. The fraction of sp³-hybridized carbons (Fsp3) is 0.600. The summed E-state index contributed by atoms with van der Waals surface area (Å²) in [7, 11) is 2.05. The van der Waals surface area contributed by atoms with E-state index in [1.807, 2.05) is 6.07 Å². The van der Waals surface area contributed by atoms with Crippen molar-refractivity contribution >= 4 is 17.4 Å². The molecular weight excluding hydrogens is 212 g/mol. The molecule has 0 unspecified atom stereocenters. The standard InChI is InChI=1S/C10H15ClN4/c1-15(8-3-2-5-12-7-8)9-4-6-13-10(11)14-9/h4,6,8,12H,2-3,5,7H2,1H3/t8-/m0/s1. The molecule has 4 nitrogen and oxygen atoms in total. The van der Waals surface area contributed by atoms with Gasteiger partial charge in [-0.15, -0.1) is 0 Å². The monoisotopic (exact) mass is 226 g/mol. The Labute approximate surface area is 94.7 Å². The first-order valence-electron chi connectivity index (χ1n) is 5.19. The van der Waals surface area contributed by atoms with Gasteiger partial charge in [0, 0.05) is 25.8 Å². The largest absolute Gasteiger partial charge is 0.355 e. The summed E-state index contributed by atoms with van der Waals surface area (Å²) >= 11 is 5.76. The molecule has 0 bridgehead atoms. The van der Waals surface area contributed by atoms with Crippen LogP contribution in [0.4, 0.5) is 5.82 Å². The van der Waals surface area contributed by atoms with E-state index in [0.29, 0.717) is 11.3 Å². The Morgan fingerprint density at radius 2 is 2.47 bits per heavy atom. The zero-order valence-corrected chi connectivity index (χ0v) is 9.54. The van der Waals surface area contributed by atoms with Crippen molar-refractivity contribution in [3.8, 4) is 0 Å². The molecule has 0 aromatic carbocycles. The first-order chi connectivity index (χ1) is 7.27. The van der Waals surface area contributed by atoms with Crippen LogP contribution in [0.2, 0.25) is 5.28 Å². The van der Waals surface area contributed by atoms with Gasteiger partial charge in [0.15, 0.2) is 0 Å². The summed E-state index contributed by atoms with van der Waals surface area (Å²) in [5, 5.41) is 3.69. The number of piperidine rings is 1. The number of nitrogens with zero attached hydrogens (tertiary/aromatic N) is 3. The summed E-state index contributed by atoms with van der Waals surface area (Å²) in [6, 6.07) is 2.39. The molecular formula is C10H15ClN4. The maximum atomic E-state index is 5.76. The van der Waals surface area contributed by atoms with Gasteiger partial charge in [0.2, 0.25) is 5.28 Å². The number of aromatic nitrogens is 2. The summed E-state index contributed by atoms with van der Waals surface area (Å²) < 4.78 is 0. The lowest BCUT2D eigenvalue weighted by atomic mass is 10.1. The van der Waals surface area contributed by atoms with Crippen molar-refractivity contribution in [3.63, 3.8) is 0 Å². The van der Waals surface area contributed by atoms with Gasteiger partial charge in [-0.2, -0.15) is 0 Å². The van der Waals surface area contributed by atoms with Crippen LogP contribution >= 0.6 is 11.6 Å². The van der Waals surface area contributed by atoms with E-state index in [9.17, 15) is 0 Å². The zero-order chi connectivity index (χ0) is 10.7. The Kier molecular flexibility index (Phi) is 3.38. The van der Waals surface area contributed by atoms with Crippen LogP contribution in [0.1, 0.15) is 12.8 Å². The van der Waals surface area contributed by atoms with Crippen molar-refractivity contribution in [2.45, 2.75) is 18.9 Å². The lowest BCUT2D eigenvalue weighted by Crippen LogP contribution is -2.44. The smallest absolute Gasteiger partial charge is 0.224 e. The highest BCUT2D eigenvalue weighted by Crippen LogP contribution is 2.17. The predicted octanol–water partition coefficient (Wildman–Crippen LogP) is 1.32. The minimum absolute atomic E-state index is 0.308. The van der Waals surface area contributed by atoms with Gasteiger partial charge in [-0.25, -0.2) is 9.97 Å². The van der Waals surface area contributed by atoms with Gasteiger partial charge < -0.3 is 10.2 Å². The van der Waals surface area contributed by atoms with E-state index in [0.717, 1.165) is 18.9 Å². The topological polar surface area (TPSA) is 41.1 Å². The molecule has 82 valence electrons. The summed E-state index contributed by atoms with van der Waals surface area (Å²) in [4.78, 5) is 10.2. The number of hydrogen-bond acceptors (Lipinski definition) is 4. The van der Waals surface area contributed by atoms with Gasteiger partial charge in [-0.3, -0.25) is 0 Å². The average molecular weight is 227 g/mol. The third-order valence-corrected chi connectivity index (χ3v) is 2.97. The van der Waals surface area contributed by atoms with E-state index in [1.54, 1.807) is 6.20 Å². The van der Waals surface area contributed by atoms with E-state index in [4.69, 9.17) is 11.6 Å². The number of rotatable bonds is 2. The summed E-state index contributed by atoms with van der Waals surface area (Å²) in [5.41, 5.74) is 0. The van der Waals surface area contributed by atoms with Crippen molar-refractivity contribution in [2.75, 3.05) is 25.0 Å². The number of likely N-dealkylation sites (N-methyl/N-ethyl adjacent to an activating group) is 1. The first-order valence-corrected chi connectivity index (χ1v) is 5.57. The Balaban J connectivity index is 2.08. The number of nitrogens with one attached hydrogen (secondary N) is 1. The molecule has 0 aliphatic carbocycles. The molecule has 1 aliphatic rings. The highest BCUT2D eigenvalue weighted by molar-refractivity contribution is 6.28. The minimum atomic E-state index is 0.308. The Hall–Kier alpha value is -0.870. The van der Waals surface area contributed by atoms with E-state index in [-0.39, 0.29) is 0 Å². The number of halogens is 1. The average Bonchev–Trinajstić information content (AvgIpc) is 2.29. The quantitative estimate of drug-likeness (QED) is 0.773. The fourth-order valence-corrected chi connectivity index (χ4v) is 2.02. The molecule has 1 aliphatic heterocycles. The van der Waals surface area contributed by atoms with Gasteiger partial charge in [0.25, 0.3) is 0 Å². The summed E-state index contributed by atoms with van der Waals surface area (Å²) in [5.74, 6) is 0.892. The van der Waals surface area contributed by atoms with Crippen LogP contribution in [0.3, 0.4) is 0 Å². The molecule has 0 radical (unpaired) electrons. The van der Waals surface area contributed by atoms with E-state index in [1.165, 1.54) is 12.8 Å².